The molecule has 0 aliphatic rings. The van der Waals surface area contributed by atoms with Gasteiger partial charge in [0.15, 0.2) is 0 Å². The fourth-order valence-electron chi connectivity index (χ4n) is 1.50. The number of nitrogens with two attached hydrogens (primary N) is 1. The van der Waals surface area contributed by atoms with Crippen LogP contribution in [0.3, 0.4) is 0 Å². The lowest BCUT2D eigenvalue weighted by Crippen LogP contribution is -2.34. The van der Waals surface area contributed by atoms with E-state index in [9.17, 15) is 0 Å². The molecule has 2 N–H and O–H groups in total. The predicted octanol–water partition coefficient (Wildman–Crippen LogP) is 3.68. The predicted molar refractivity (Wildman–Crippen MR) is 76.4 cm³/mol. The second kappa shape index (κ2) is 5.69. The van der Waals surface area contributed by atoms with Crippen LogP contribution in [0.15, 0.2) is 34.8 Å². The zero-order valence-corrected chi connectivity index (χ0v) is 12.3. The van der Waals surface area contributed by atoms with Crippen LogP contribution in [0.5, 0.6) is 5.75 Å². The average Bonchev–Trinajstić information content (AvgIpc) is 2.13. The Balaban J connectivity index is 2.76. The third kappa shape index (κ3) is 5.37. The van der Waals surface area contributed by atoms with Crippen molar-refractivity contribution in [2.24, 2.45) is 5.73 Å². The van der Waals surface area contributed by atoms with E-state index in [1.165, 1.54) is 5.56 Å². The van der Waals surface area contributed by atoms with Gasteiger partial charge in [-0.3, -0.25) is 0 Å². The summed E-state index contributed by atoms with van der Waals surface area (Å²) < 4.78 is 6.56. The van der Waals surface area contributed by atoms with Gasteiger partial charge in [0.25, 0.3) is 0 Å². The molecule has 0 saturated heterocycles. The minimum Gasteiger partial charge on any atom is -0.488 e. The van der Waals surface area contributed by atoms with Gasteiger partial charge in [-0.05, 0) is 66.4 Å². The molecule has 0 fully saturated rings. The van der Waals surface area contributed by atoms with E-state index in [2.05, 4.69) is 28.6 Å². The zero-order valence-electron chi connectivity index (χ0n) is 10.7. The Kier molecular flexibility index (Phi) is 4.78. The lowest BCUT2D eigenvalue weighted by atomic mass is 9.96. The van der Waals surface area contributed by atoms with Crippen LogP contribution in [0, 0.1) is 0 Å². The van der Waals surface area contributed by atoms with E-state index in [0.717, 1.165) is 22.2 Å². The number of rotatable bonds is 5. The Hall–Kier alpha value is -0.800. The van der Waals surface area contributed by atoms with Crippen LogP contribution in [-0.2, 0) is 6.42 Å². The average molecular weight is 298 g/mol. The largest absolute Gasteiger partial charge is 0.488 e. The van der Waals surface area contributed by atoms with E-state index in [0.29, 0.717) is 6.61 Å². The molecule has 0 aliphatic heterocycles. The molecule has 0 saturated carbocycles. The standard InChI is InChI=1S/C14H20BrNO/c1-10(2)9-17-13-6-5-11(7-12(13)15)8-14(3,4)16/h5-7H,1,8-9,16H2,2-4H3. The third-order valence-corrected chi connectivity index (χ3v) is 2.75. The van der Waals surface area contributed by atoms with Crippen molar-refractivity contribution < 1.29 is 4.74 Å². The van der Waals surface area contributed by atoms with Crippen LogP contribution in [0.2, 0.25) is 0 Å². The highest BCUT2D eigenvalue weighted by atomic mass is 79.9. The SMILES string of the molecule is C=C(C)COc1ccc(CC(C)(C)N)cc1Br. The molecule has 17 heavy (non-hydrogen) atoms. The van der Waals surface area contributed by atoms with Crippen LogP contribution in [0.4, 0.5) is 0 Å². The Bertz CT molecular complexity index is 407. The quantitative estimate of drug-likeness (QED) is 0.842. The Labute approximate surface area is 112 Å². The van der Waals surface area contributed by atoms with Gasteiger partial charge < -0.3 is 10.5 Å². The molecule has 0 aromatic heterocycles. The van der Waals surface area contributed by atoms with Gasteiger partial charge in [-0.2, -0.15) is 0 Å². The van der Waals surface area contributed by atoms with Crippen LogP contribution in [-0.4, -0.2) is 12.1 Å². The lowest BCUT2D eigenvalue weighted by Gasteiger charge is -2.19. The van der Waals surface area contributed by atoms with Gasteiger partial charge in [0.2, 0.25) is 0 Å². The van der Waals surface area contributed by atoms with Crippen molar-refractivity contribution in [3.63, 3.8) is 0 Å². The molecule has 0 spiro atoms. The van der Waals surface area contributed by atoms with Crippen LogP contribution < -0.4 is 10.5 Å². The van der Waals surface area contributed by atoms with Gasteiger partial charge in [0.05, 0.1) is 4.47 Å². The molecule has 1 aromatic carbocycles. The molecule has 1 aromatic rings. The number of hydrogen-bond donors (Lipinski definition) is 1. The summed E-state index contributed by atoms with van der Waals surface area (Å²) in [5.74, 6) is 0.839. The van der Waals surface area contributed by atoms with Crippen molar-refractivity contribution in [3.8, 4) is 5.75 Å². The minimum absolute atomic E-state index is 0.195. The summed E-state index contributed by atoms with van der Waals surface area (Å²) in [7, 11) is 0. The fraction of sp³-hybridized carbons (Fsp3) is 0.429. The van der Waals surface area contributed by atoms with Crippen LogP contribution >= 0.6 is 15.9 Å². The minimum atomic E-state index is -0.195. The van der Waals surface area contributed by atoms with Crippen molar-refractivity contribution in [3.05, 3.63) is 40.4 Å². The molecule has 3 heteroatoms. The van der Waals surface area contributed by atoms with E-state index in [1.807, 2.05) is 32.9 Å². The van der Waals surface area contributed by atoms with Gasteiger partial charge >= 0.3 is 0 Å². The highest BCUT2D eigenvalue weighted by molar-refractivity contribution is 9.10. The smallest absolute Gasteiger partial charge is 0.133 e. The van der Waals surface area contributed by atoms with Gasteiger partial charge in [-0.15, -0.1) is 0 Å². The molecule has 0 aliphatic carbocycles. The van der Waals surface area contributed by atoms with Crippen molar-refractivity contribution in [2.75, 3.05) is 6.61 Å². The first-order valence-corrected chi connectivity index (χ1v) is 6.42. The zero-order chi connectivity index (χ0) is 13.1. The Morgan fingerprint density at radius 3 is 2.59 bits per heavy atom. The number of ether oxygens (including phenoxy) is 1. The summed E-state index contributed by atoms with van der Waals surface area (Å²) in [6.45, 7) is 10.3. The molecule has 1 rings (SSSR count). The van der Waals surface area contributed by atoms with E-state index in [4.69, 9.17) is 10.5 Å². The fourth-order valence-corrected chi connectivity index (χ4v) is 2.04. The van der Waals surface area contributed by atoms with Crippen molar-refractivity contribution in [1.82, 2.24) is 0 Å². The molecule has 0 radical (unpaired) electrons. The first-order chi connectivity index (χ1) is 7.78. The Morgan fingerprint density at radius 1 is 1.47 bits per heavy atom. The molecule has 94 valence electrons. The number of hydrogen-bond acceptors (Lipinski definition) is 2. The molecule has 0 atom stereocenters. The summed E-state index contributed by atoms with van der Waals surface area (Å²) in [5.41, 5.74) is 8.01. The van der Waals surface area contributed by atoms with Gasteiger partial charge in [-0.1, -0.05) is 12.6 Å². The summed E-state index contributed by atoms with van der Waals surface area (Å²) >= 11 is 3.51. The first-order valence-electron chi connectivity index (χ1n) is 5.62. The molecule has 0 bridgehead atoms. The molecule has 0 unspecified atom stereocenters. The normalized spacial score (nSPS) is 11.4. The van der Waals surface area contributed by atoms with E-state index >= 15 is 0 Å². The second-order valence-corrected chi connectivity index (χ2v) is 6.03. The molecule has 0 heterocycles. The maximum absolute atomic E-state index is 6.00. The molecular formula is C14H20BrNO. The summed E-state index contributed by atoms with van der Waals surface area (Å²) in [5, 5.41) is 0. The first kappa shape index (κ1) is 14.3. The van der Waals surface area contributed by atoms with E-state index in [-0.39, 0.29) is 5.54 Å². The van der Waals surface area contributed by atoms with Crippen LogP contribution in [0.25, 0.3) is 0 Å². The summed E-state index contributed by atoms with van der Waals surface area (Å²) in [4.78, 5) is 0. The van der Waals surface area contributed by atoms with Gasteiger partial charge in [0, 0.05) is 5.54 Å². The Morgan fingerprint density at radius 2 is 2.12 bits per heavy atom. The highest BCUT2D eigenvalue weighted by Crippen LogP contribution is 2.27. The molecular weight excluding hydrogens is 278 g/mol. The maximum atomic E-state index is 6.00. The third-order valence-electron chi connectivity index (χ3n) is 2.13. The van der Waals surface area contributed by atoms with Gasteiger partial charge in [-0.25, -0.2) is 0 Å². The maximum Gasteiger partial charge on any atom is 0.133 e. The van der Waals surface area contributed by atoms with Gasteiger partial charge in [0.1, 0.15) is 12.4 Å². The number of halogens is 1. The molecule has 2 nitrogen and oxygen atoms in total. The van der Waals surface area contributed by atoms with E-state index < -0.39 is 0 Å². The van der Waals surface area contributed by atoms with Crippen molar-refractivity contribution >= 4 is 15.9 Å². The van der Waals surface area contributed by atoms with Crippen molar-refractivity contribution in [2.45, 2.75) is 32.7 Å². The lowest BCUT2D eigenvalue weighted by molar-refractivity contribution is 0.350. The molecule has 0 amide bonds. The number of benzene rings is 1. The summed E-state index contributed by atoms with van der Waals surface area (Å²) in [6.07, 6.45) is 0.840. The second-order valence-electron chi connectivity index (χ2n) is 5.18. The topological polar surface area (TPSA) is 35.2 Å². The van der Waals surface area contributed by atoms with E-state index in [1.54, 1.807) is 0 Å². The van der Waals surface area contributed by atoms with Crippen LogP contribution in [0.1, 0.15) is 26.3 Å². The monoisotopic (exact) mass is 297 g/mol. The van der Waals surface area contributed by atoms with Crippen molar-refractivity contribution in [1.29, 1.82) is 0 Å². The highest BCUT2D eigenvalue weighted by Gasteiger charge is 2.12. The summed E-state index contributed by atoms with van der Waals surface area (Å²) in [6, 6.07) is 6.07.